The Balaban J connectivity index is -0.00000179. The molecule has 0 saturated heterocycles. The highest BCUT2D eigenvalue weighted by Gasteiger charge is 2.25. The van der Waals surface area contributed by atoms with Crippen LogP contribution in [0.4, 0.5) is 4.39 Å². The van der Waals surface area contributed by atoms with Crippen LogP contribution in [0.1, 0.15) is 97.3 Å². The van der Waals surface area contributed by atoms with Gasteiger partial charge in [-0.2, -0.15) is 5.10 Å². The van der Waals surface area contributed by atoms with Crippen molar-refractivity contribution in [2.24, 2.45) is 7.05 Å². The van der Waals surface area contributed by atoms with E-state index in [-0.39, 0.29) is 11.6 Å². The second kappa shape index (κ2) is 24.3. The van der Waals surface area contributed by atoms with Crippen LogP contribution in [0.3, 0.4) is 0 Å². The van der Waals surface area contributed by atoms with Crippen molar-refractivity contribution in [1.82, 2.24) is 15.1 Å². The molecule has 4 nitrogen and oxygen atoms in total. The molecule has 1 heterocycles. The van der Waals surface area contributed by atoms with Gasteiger partial charge >= 0.3 is 0 Å². The Morgan fingerprint density at radius 3 is 2.32 bits per heavy atom. The predicted molar refractivity (Wildman–Crippen MR) is 169 cm³/mol. The van der Waals surface area contributed by atoms with Gasteiger partial charge in [-0.25, -0.2) is 4.39 Å². The summed E-state index contributed by atoms with van der Waals surface area (Å²) < 4.78 is 15.5. The van der Waals surface area contributed by atoms with Gasteiger partial charge < -0.3 is 5.32 Å². The molecule has 0 aromatic carbocycles. The van der Waals surface area contributed by atoms with Crippen LogP contribution >= 0.6 is 21.0 Å². The number of carbonyl (C=O) groups is 1. The van der Waals surface area contributed by atoms with Crippen molar-refractivity contribution in [2.45, 2.75) is 86.5 Å². The quantitative estimate of drug-likeness (QED) is 0.151. The third kappa shape index (κ3) is 17.1. The summed E-state index contributed by atoms with van der Waals surface area (Å²) in [4.78, 5) is 13.6. The molecule has 1 N–H and O–H groups in total. The Morgan fingerprint density at radius 1 is 1.30 bits per heavy atom. The number of nitrogens with one attached hydrogen (secondary N) is 1. The molecular formula is C30H51FN3OPS. The number of alkyl halides is 1. The first-order valence-electron chi connectivity index (χ1n) is 13.1. The van der Waals surface area contributed by atoms with Crippen LogP contribution in [0.5, 0.6) is 0 Å². The van der Waals surface area contributed by atoms with Gasteiger partial charge in [0.1, 0.15) is 11.4 Å². The van der Waals surface area contributed by atoms with Gasteiger partial charge in [-0.1, -0.05) is 93.7 Å². The lowest BCUT2D eigenvalue weighted by Gasteiger charge is -2.11. The molecule has 2 atom stereocenters. The second-order valence-electron chi connectivity index (χ2n) is 7.58. The van der Waals surface area contributed by atoms with E-state index in [0.29, 0.717) is 12.2 Å². The molecule has 2 unspecified atom stereocenters. The van der Waals surface area contributed by atoms with E-state index in [0.717, 1.165) is 23.5 Å². The number of nitrogens with zero attached hydrogens (tertiary/aromatic N) is 2. The number of thioether (sulfide) groups is 1. The smallest absolute Gasteiger partial charge is 0.269 e. The van der Waals surface area contributed by atoms with E-state index in [1.165, 1.54) is 41.7 Å². The zero-order valence-corrected chi connectivity index (χ0v) is 26.6. The maximum Gasteiger partial charge on any atom is 0.269 e. The lowest BCUT2D eigenvalue weighted by Crippen LogP contribution is -2.27. The minimum atomic E-state index is -1.67. The minimum absolute atomic E-state index is 0.214. The highest BCUT2D eigenvalue weighted by atomic mass is 32.2. The topological polar surface area (TPSA) is 46.9 Å². The molecule has 1 aromatic rings. The van der Waals surface area contributed by atoms with E-state index in [1.54, 1.807) is 18.8 Å². The van der Waals surface area contributed by atoms with Crippen LogP contribution in [0, 0.1) is 12.8 Å². The maximum absolute atomic E-state index is 14.1. The number of hydrogen-bond acceptors (Lipinski definition) is 3. The van der Waals surface area contributed by atoms with Crippen LogP contribution < -0.4 is 5.32 Å². The molecule has 1 aromatic heterocycles. The van der Waals surface area contributed by atoms with Crippen molar-refractivity contribution in [1.29, 1.82) is 0 Å². The zero-order chi connectivity index (χ0) is 29.4. The fraction of sp³-hybridized carbons (Fsp3) is 0.533. The molecular weight excluding hydrogens is 500 g/mol. The third-order valence-corrected chi connectivity index (χ3v) is 6.33. The molecule has 210 valence electrons. The third-order valence-electron chi connectivity index (χ3n) is 4.81. The largest absolute Gasteiger partial charge is 0.346 e. The molecule has 0 saturated carbocycles. The lowest BCUT2D eigenvalue weighted by atomic mass is 10.0. The first-order chi connectivity index (χ1) is 17.7. The Labute approximate surface area is 233 Å². The molecule has 0 radical (unpaired) electrons. The van der Waals surface area contributed by atoms with E-state index < -0.39 is 5.41 Å². The summed E-state index contributed by atoms with van der Waals surface area (Å²) in [6.07, 6.45) is 20.7. The molecule has 0 fully saturated rings. The molecule has 0 aliphatic rings. The van der Waals surface area contributed by atoms with Gasteiger partial charge in [0.05, 0.1) is 0 Å². The summed E-state index contributed by atoms with van der Waals surface area (Å²) in [6, 6.07) is 1.49. The average molecular weight is 552 g/mol. The fourth-order valence-electron chi connectivity index (χ4n) is 2.90. The van der Waals surface area contributed by atoms with Crippen molar-refractivity contribution in [2.75, 3.05) is 12.3 Å². The number of aromatic nitrogens is 2. The van der Waals surface area contributed by atoms with Crippen LogP contribution in [0.2, 0.25) is 0 Å². The molecule has 7 heteroatoms. The second-order valence-corrected chi connectivity index (χ2v) is 9.76. The molecule has 0 aliphatic carbocycles. The van der Waals surface area contributed by atoms with Crippen molar-refractivity contribution in [3.8, 4) is 12.8 Å². The zero-order valence-electron chi connectivity index (χ0n) is 24.7. The van der Waals surface area contributed by atoms with Crippen molar-refractivity contribution in [3.05, 3.63) is 64.4 Å². The van der Waals surface area contributed by atoms with E-state index >= 15 is 0 Å². The number of hydrogen-bond donors (Lipinski definition) is 1. The fourth-order valence-corrected chi connectivity index (χ4v) is 3.91. The number of allylic oxidation sites excluding steroid dienone is 5. The summed E-state index contributed by atoms with van der Waals surface area (Å²) in [5, 5.41) is 5.35. The van der Waals surface area contributed by atoms with Crippen LogP contribution in [0.25, 0.3) is 0 Å². The van der Waals surface area contributed by atoms with Gasteiger partial charge in [0.2, 0.25) is 0 Å². The molecule has 37 heavy (non-hydrogen) atoms. The number of carbonyl (C=O) groups excluding carboxylic acids is 1. The molecule has 0 bridgehead atoms. The highest BCUT2D eigenvalue weighted by molar-refractivity contribution is 8.03. The summed E-state index contributed by atoms with van der Waals surface area (Å²) in [5.74, 6) is 0.533. The van der Waals surface area contributed by atoms with Crippen molar-refractivity contribution < 1.29 is 9.18 Å². The Bertz CT molecular complexity index is 877. The molecule has 0 spiro atoms. The summed E-state index contributed by atoms with van der Waals surface area (Å²) >= 11 is 1.70. The van der Waals surface area contributed by atoms with Gasteiger partial charge in [0.15, 0.2) is 5.41 Å². The maximum atomic E-state index is 14.1. The van der Waals surface area contributed by atoms with Crippen LogP contribution in [-0.2, 0) is 12.5 Å². The highest BCUT2D eigenvalue weighted by Crippen LogP contribution is 2.31. The Morgan fingerprint density at radius 2 is 1.89 bits per heavy atom. The van der Waals surface area contributed by atoms with Crippen molar-refractivity contribution >= 4 is 26.9 Å². The van der Waals surface area contributed by atoms with E-state index in [9.17, 15) is 9.18 Å². The lowest BCUT2D eigenvalue weighted by molar-refractivity contribution is 0.0948. The predicted octanol–water partition coefficient (Wildman–Crippen LogP) is 8.75. The van der Waals surface area contributed by atoms with Gasteiger partial charge in [0, 0.05) is 24.3 Å². The van der Waals surface area contributed by atoms with E-state index in [4.69, 9.17) is 0 Å². The summed E-state index contributed by atoms with van der Waals surface area (Å²) in [7, 11) is 3.74. The van der Waals surface area contributed by atoms with Crippen LogP contribution in [-0.4, -0.2) is 28.0 Å². The van der Waals surface area contributed by atoms with E-state index in [2.05, 4.69) is 59.0 Å². The molecule has 1 amide bonds. The number of rotatable bonds is 13. The monoisotopic (exact) mass is 551 g/mol. The minimum Gasteiger partial charge on any atom is -0.346 e. The average Bonchev–Trinajstić information content (AvgIpc) is 3.32. The standard InChI is InChI=1S/C24H37FN3OPS.2C2H6.C2H2/c1-7-11-13-18(9-3)14-19(12-8-2)17-31-20(10-4)16-26-23(29)21-15-22(24(5,25)30)27-28(21)6;3*1-2/h8,10,12,14-15H,2,7,9,11,13,16-17,30H2,1,3-6H3,(H,26,29);2*1-2H3;1-2H/b18-14-,19-12+,20-10-;;;. The number of terminal acetylenes is 1. The molecule has 0 aliphatic heterocycles. The first-order valence-corrected chi connectivity index (χ1v) is 14.6. The first kappa shape index (κ1) is 39.4. The summed E-state index contributed by atoms with van der Waals surface area (Å²) in [5.41, 5.74) is 3.22. The van der Waals surface area contributed by atoms with Gasteiger partial charge in [-0.3, -0.25) is 9.48 Å². The van der Waals surface area contributed by atoms with Gasteiger partial charge in [-0.15, -0.1) is 24.6 Å². The van der Waals surface area contributed by atoms with Crippen LogP contribution in [0.15, 0.2) is 53.0 Å². The SMILES string of the molecule is C#C.C=C/C=C(\C=C(\CC)CCCC)CS/C(=C\C)CNC(=O)c1cc(C(C)(F)P)nn1C.CC.CC. The molecule has 1 rings (SSSR count). The van der Waals surface area contributed by atoms with Gasteiger partial charge in [0.25, 0.3) is 5.91 Å². The Kier molecular flexibility index (Phi) is 25.8. The van der Waals surface area contributed by atoms with Gasteiger partial charge in [-0.05, 0) is 44.7 Å². The van der Waals surface area contributed by atoms with Crippen molar-refractivity contribution in [3.63, 3.8) is 0 Å². The number of unbranched alkanes of at least 4 members (excludes halogenated alkanes) is 1. The Hall–Kier alpha value is -2.09. The summed E-state index contributed by atoms with van der Waals surface area (Å²) in [6.45, 7) is 20.0. The normalized spacial score (nSPS) is 12.9. The number of amides is 1. The number of halogens is 1. The number of aryl methyl sites for hydroxylation is 1. The van der Waals surface area contributed by atoms with E-state index in [1.807, 2.05) is 52.8 Å².